The molecule has 1 saturated carbocycles. The molecule has 7 nitrogen and oxygen atoms in total. The predicted octanol–water partition coefficient (Wildman–Crippen LogP) is 4.99. The molecule has 1 aliphatic carbocycles. The summed E-state index contributed by atoms with van der Waals surface area (Å²) in [6.07, 6.45) is 1.35. The number of aryl methyl sites for hydroxylation is 1. The molecule has 198 valence electrons. The van der Waals surface area contributed by atoms with Crippen LogP contribution < -0.4 is 5.32 Å². The van der Waals surface area contributed by atoms with Gasteiger partial charge in [-0.3, -0.25) is 4.68 Å². The van der Waals surface area contributed by atoms with E-state index in [9.17, 15) is 13.2 Å². The van der Waals surface area contributed by atoms with Crippen molar-refractivity contribution >= 4 is 16.7 Å². The van der Waals surface area contributed by atoms with E-state index in [-0.39, 0.29) is 23.0 Å². The van der Waals surface area contributed by atoms with Crippen LogP contribution >= 0.6 is 0 Å². The van der Waals surface area contributed by atoms with Gasteiger partial charge in [-0.1, -0.05) is 13.0 Å². The van der Waals surface area contributed by atoms with E-state index in [0.717, 1.165) is 75.5 Å². The van der Waals surface area contributed by atoms with Gasteiger partial charge in [0, 0.05) is 63.1 Å². The first-order valence-corrected chi connectivity index (χ1v) is 13.1. The number of alkyl halides is 3. The molecule has 2 saturated heterocycles. The summed E-state index contributed by atoms with van der Waals surface area (Å²) >= 11 is 0. The van der Waals surface area contributed by atoms with Gasteiger partial charge in [0.1, 0.15) is 11.5 Å². The Kier molecular flexibility index (Phi) is 6.14. The SMILES string of the molecule is Cn1cc2cc(-c3nnc(N[C@@H]4C[C@H]5CN(CC6CCOCC6)C[C@@]5(C)C4)cc3C(F)(F)F)ccc2n1. The summed E-state index contributed by atoms with van der Waals surface area (Å²) < 4.78 is 49.4. The van der Waals surface area contributed by atoms with Gasteiger partial charge in [0.15, 0.2) is 0 Å². The molecule has 1 aromatic carbocycles. The summed E-state index contributed by atoms with van der Waals surface area (Å²) in [7, 11) is 1.78. The summed E-state index contributed by atoms with van der Waals surface area (Å²) in [6.45, 7) is 7.28. The zero-order valence-corrected chi connectivity index (χ0v) is 21.3. The standard InChI is InChI=1S/C27H33F3N6O/c1-26-12-21(10-20(26)15-36(16-26)13-17-5-7-37-8-6-17)31-24-11-22(27(28,29)30)25(33-32-24)18-3-4-23-19(9-18)14-35(2)34-23/h3-4,9,11,14,17,20-21H,5-8,10,12-13,15-16H2,1-2H3,(H,31,32)/t20-,21+,26+/m0/s1. The number of ether oxygens (including phenoxy) is 1. The normalized spacial score (nSPS) is 27.2. The number of likely N-dealkylation sites (tertiary alicyclic amines) is 1. The second-order valence-corrected chi connectivity index (χ2v) is 11.4. The highest BCUT2D eigenvalue weighted by Crippen LogP contribution is 2.49. The number of hydrogen-bond acceptors (Lipinski definition) is 6. The third kappa shape index (κ3) is 4.93. The van der Waals surface area contributed by atoms with E-state index in [2.05, 4.69) is 32.4 Å². The summed E-state index contributed by atoms with van der Waals surface area (Å²) in [5, 5.41) is 16.6. The lowest BCUT2D eigenvalue weighted by atomic mass is 9.83. The summed E-state index contributed by atoms with van der Waals surface area (Å²) in [4.78, 5) is 2.59. The van der Waals surface area contributed by atoms with Gasteiger partial charge < -0.3 is 15.0 Å². The van der Waals surface area contributed by atoms with Crippen molar-refractivity contribution in [1.29, 1.82) is 0 Å². The van der Waals surface area contributed by atoms with E-state index in [1.165, 1.54) is 0 Å². The molecule has 0 unspecified atom stereocenters. The molecular formula is C27H33F3N6O. The lowest BCUT2D eigenvalue weighted by molar-refractivity contribution is -0.137. The van der Waals surface area contributed by atoms with Gasteiger partial charge in [0.05, 0.1) is 11.1 Å². The van der Waals surface area contributed by atoms with Crippen LogP contribution in [0.3, 0.4) is 0 Å². The zero-order chi connectivity index (χ0) is 25.8. The van der Waals surface area contributed by atoms with E-state index in [1.54, 1.807) is 36.1 Å². The van der Waals surface area contributed by atoms with Crippen molar-refractivity contribution in [3.63, 3.8) is 0 Å². The highest BCUT2D eigenvalue weighted by Gasteiger charge is 2.50. The Bertz CT molecular complexity index is 1290. The van der Waals surface area contributed by atoms with Crippen LogP contribution in [0.4, 0.5) is 19.0 Å². The smallest absolute Gasteiger partial charge is 0.381 e. The number of hydrogen-bond donors (Lipinski definition) is 1. The van der Waals surface area contributed by atoms with Crippen LogP contribution in [-0.2, 0) is 18.0 Å². The van der Waals surface area contributed by atoms with Crippen LogP contribution in [0.15, 0.2) is 30.5 Å². The summed E-state index contributed by atoms with van der Waals surface area (Å²) in [5.74, 6) is 1.43. The first kappa shape index (κ1) is 24.6. The van der Waals surface area contributed by atoms with Crippen molar-refractivity contribution in [3.8, 4) is 11.3 Å². The minimum absolute atomic E-state index is 0.0909. The maximum atomic E-state index is 14.1. The van der Waals surface area contributed by atoms with Crippen molar-refractivity contribution in [1.82, 2.24) is 24.9 Å². The highest BCUT2D eigenvalue weighted by atomic mass is 19.4. The van der Waals surface area contributed by atoms with E-state index in [0.29, 0.717) is 17.4 Å². The van der Waals surface area contributed by atoms with E-state index in [4.69, 9.17) is 4.74 Å². The Morgan fingerprint density at radius 1 is 1.16 bits per heavy atom. The van der Waals surface area contributed by atoms with Gasteiger partial charge in [0.25, 0.3) is 0 Å². The lowest BCUT2D eigenvalue weighted by Crippen LogP contribution is -2.34. The molecule has 6 rings (SSSR count). The number of nitrogens with zero attached hydrogens (tertiary/aromatic N) is 5. The number of halogens is 3. The van der Waals surface area contributed by atoms with Crippen LogP contribution in [0.2, 0.25) is 0 Å². The Labute approximate surface area is 214 Å². The van der Waals surface area contributed by atoms with Gasteiger partial charge in [-0.15, -0.1) is 10.2 Å². The largest absolute Gasteiger partial charge is 0.418 e. The van der Waals surface area contributed by atoms with E-state index < -0.39 is 11.7 Å². The van der Waals surface area contributed by atoms with E-state index in [1.807, 2.05) is 0 Å². The minimum atomic E-state index is -4.55. The van der Waals surface area contributed by atoms with Gasteiger partial charge >= 0.3 is 6.18 Å². The molecule has 2 aliphatic heterocycles. The van der Waals surface area contributed by atoms with Crippen LogP contribution in [0.5, 0.6) is 0 Å². The fraction of sp³-hybridized carbons (Fsp3) is 0.593. The van der Waals surface area contributed by atoms with Crippen molar-refractivity contribution in [2.45, 2.75) is 44.8 Å². The number of aromatic nitrogens is 4. The number of rotatable bonds is 5. The molecule has 3 aliphatic rings. The number of anilines is 1. The molecule has 10 heteroatoms. The van der Waals surface area contributed by atoms with Crippen LogP contribution in [0.25, 0.3) is 22.2 Å². The number of nitrogens with one attached hydrogen (secondary N) is 1. The Morgan fingerprint density at radius 2 is 1.97 bits per heavy atom. The number of benzene rings is 1. The molecular weight excluding hydrogens is 481 g/mol. The molecule has 0 amide bonds. The third-order valence-electron chi connectivity index (χ3n) is 8.53. The van der Waals surface area contributed by atoms with Crippen molar-refractivity contribution < 1.29 is 17.9 Å². The zero-order valence-electron chi connectivity index (χ0n) is 21.3. The number of fused-ring (bicyclic) bond motifs is 2. The topological polar surface area (TPSA) is 68.1 Å². The van der Waals surface area contributed by atoms with Gasteiger partial charge in [-0.2, -0.15) is 18.3 Å². The molecule has 3 fully saturated rings. The van der Waals surface area contributed by atoms with Crippen LogP contribution in [0, 0.1) is 17.3 Å². The minimum Gasteiger partial charge on any atom is -0.381 e. The van der Waals surface area contributed by atoms with Crippen molar-refractivity contribution in [2.24, 2.45) is 24.3 Å². The Hall–Kier alpha value is -2.72. The van der Waals surface area contributed by atoms with Gasteiger partial charge in [-0.05, 0) is 61.1 Å². The summed E-state index contributed by atoms with van der Waals surface area (Å²) in [6, 6.07) is 6.21. The average molecular weight is 515 g/mol. The highest BCUT2D eigenvalue weighted by molar-refractivity contribution is 5.84. The van der Waals surface area contributed by atoms with Gasteiger partial charge in [-0.25, -0.2) is 0 Å². The maximum Gasteiger partial charge on any atom is 0.418 e. The Morgan fingerprint density at radius 3 is 2.73 bits per heavy atom. The molecule has 0 radical (unpaired) electrons. The molecule has 37 heavy (non-hydrogen) atoms. The molecule has 4 heterocycles. The fourth-order valence-corrected chi connectivity index (χ4v) is 6.76. The van der Waals surface area contributed by atoms with Crippen LogP contribution in [-0.4, -0.2) is 63.8 Å². The first-order chi connectivity index (χ1) is 17.7. The molecule has 0 bridgehead atoms. The maximum absolute atomic E-state index is 14.1. The van der Waals surface area contributed by atoms with Gasteiger partial charge in [0.2, 0.25) is 0 Å². The average Bonchev–Trinajstić information content (AvgIpc) is 3.45. The lowest BCUT2D eigenvalue weighted by Gasteiger charge is -2.29. The van der Waals surface area contributed by atoms with E-state index >= 15 is 0 Å². The monoisotopic (exact) mass is 514 g/mol. The molecule has 3 aromatic rings. The second-order valence-electron chi connectivity index (χ2n) is 11.4. The summed E-state index contributed by atoms with van der Waals surface area (Å²) in [5.41, 5.74) is 0.322. The van der Waals surface area contributed by atoms with Crippen LogP contribution in [0.1, 0.15) is 38.2 Å². The first-order valence-electron chi connectivity index (χ1n) is 13.1. The molecule has 1 N–H and O–H groups in total. The predicted molar refractivity (Wildman–Crippen MR) is 135 cm³/mol. The molecule has 0 spiro atoms. The third-order valence-corrected chi connectivity index (χ3v) is 8.53. The quantitative estimate of drug-likeness (QED) is 0.518. The Balaban J connectivity index is 1.16. The molecule has 2 aromatic heterocycles. The fourth-order valence-electron chi connectivity index (χ4n) is 6.76. The molecule has 3 atom stereocenters. The van der Waals surface area contributed by atoms with Crippen molar-refractivity contribution in [2.75, 3.05) is 38.2 Å². The van der Waals surface area contributed by atoms with Crippen molar-refractivity contribution in [3.05, 3.63) is 36.0 Å². The second kappa shape index (κ2) is 9.23.